The SMILES string of the molecule is CCOc1ccc2nc(N(Cc3cccnc3)C(=O)COc3ccccc3F)sc2c1. The molecule has 2 aromatic heterocycles. The lowest BCUT2D eigenvalue weighted by atomic mass is 10.2. The Bertz CT molecular complexity index is 1180. The van der Waals surface area contributed by atoms with Crippen molar-refractivity contribution < 1.29 is 18.7 Å². The number of pyridine rings is 1. The van der Waals surface area contributed by atoms with Crippen molar-refractivity contribution in [3.63, 3.8) is 0 Å². The van der Waals surface area contributed by atoms with Crippen LogP contribution in [0.4, 0.5) is 9.52 Å². The van der Waals surface area contributed by atoms with E-state index in [4.69, 9.17) is 9.47 Å². The number of aromatic nitrogens is 2. The van der Waals surface area contributed by atoms with Gasteiger partial charge in [-0.15, -0.1) is 0 Å². The summed E-state index contributed by atoms with van der Waals surface area (Å²) in [7, 11) is 0. The fraction of sp³-hybridized carbons (Fsp3) is 0.174. The van der Waals surface area contributed by atoms with E-state index in [1.165, 1.54) is 28.4 Å². The molecule has 31 heavy (non-hydrogen) atoms. The Labute approximate surface area is 182 Å². The molecule has 158 valence electrons. The van der Waals surface area contributed by atoms with Crippen molar-refractivity contribution >= 4 is 32.6 Å². The lowest BCUT2D eigenvalue weighted by Crippen LogP contribution is -2.34. The second-order valence-corrected chi connectivity index (χ2v) is 7.63. The molecule has 0 spiro atoms. The molecular weight excluding hydrogens is 417 g/mol. The zero-order valence-corrected chi connectivity index (χ0v) is 17.6. The zero-order valence-electron chi connectivity index (χ0n) is 16.8. The summed E-state index contributed by atoms with van der Waals surface area (Å²) in [5.74, 6) is -0.0743. The Kier molecular flexibility index (Phi) is 6.37. The van der Waals surface area contributed by atoms with E-state index >= 15 is 0 Å². The molecule has 6 nitrogen and oxygen atoms in total. The van der Waals surface area contributed by atoms with Crippen molar-refractivity contribution in [1.29, 1.82) is 0 Å². The van der Waals surface area contributed by atoms with Crippen molar-refractivity contribution in [2.45, 2.75) is 13.5 Å². The van der Waals surface area contributed by atoms with Gasteiger partial charge in [-0.3, -0.25) is 14.7 Å². The molecule has 4 aromatic rings. The summed E-state index contributed by atoms with van der Waals surface area (Å²) in [6.45, 7) is 2.44. The lowest BCUT2D eigenvalue weighted by molar-refractivity contribution is -0.120. The van der Waals surface area contributed by atoms with Gasteiger partial charge < -0.3 is 9.47 Å². The van der Waals surface area contributed by atoms with Crippen LogP contribution >= 0.6 is 11.3 Å². The summed E-state index contributed by atoms with van der Waals surface area (Å²) < 4.78 is 25.8. The molecule has 0 atom stereocenters. The van der Waals surface area contributed by atoms with Gasteiger partial charge in [0.25, 0.3) is 5.91 Å². The van der Waals surface area contributed by atoms with Crippen LogP contribution in [0.1, 0.15) is 12.5 Å². The maximum atomic E-state index is 13.9. The van der Waals surface area contributed by atoms with E-state index in [1.54, 1.807) is 30.6 Å². The van der Waals surface area contributed by atoms with Crippen molar-refractivity contribution in [2.24, 2.45) is 0 Å². The topological polar surface area (TPSA) is 64.5 Å². The first-order chi connectivity index (χ1) is 15.1. The van der Waals surface area contributed by atoms with Crippen LogP contribution in [-0.2, 0) is 11.3 Å². The van der Waals surface area contributed by atoms with E-state index in [0.717, 1.165) is 21.5 Å². The van der Waals surface area contributed by atoms with E-state index in [1.807, 2.05) is 31.2 Å². The molecule has 0 N–H and O–H groups in total. The van der Waals surface area contributed by atoms with Crippen LogP contribution in [-0.4, -0.2) is 29.1 Å². The van der Waals surface area contributed by atoms with Gasteiger partial charge in [-0.05, 0) is 48.9 Å². The minimum Gasteiger partial charge on any atom is -0.494 e. The van der Waals surface area contributed by atoms with Crippen LogP contribution in [0, 0.1) is 5.82 Å². The van der Waals surface area contributed by atoms with Crippen molar-refractivity contribution in [2.75, 3.05) is 18.1 Å². The third-order valence-corrected chi connectivity index (χ3v) is 5.48. The smallest absolute Gasteiger partial charge is 0.267 e. The van der Waals surface area contributed by atoms with Gasteiger partial charge in [0.2, 0.25) is 0 Å². The number of para-hydroxylation sites is 1. The maximum Gasteiger partial charge on any atom is 0.267 e. The van der Waals surface area contributed by atoms with Crippen molar-refractivity contribution in [1.82, 2.24) is 9.97 Å². The number of fused-ring (bicyclic) bond motifs is 1. The van der Waals surface area contributed by atoms with Crippen LogP contribution in [0.25, 0.3) is 10.2 Å². The number of carbonyl (C=O) groups is 1. The summed E-state index contributed by atoms with van der Waals surface area (Å²) in [4.78, 5) is 23.4. The molecular formula is C23H20FN3O3S. The number of halogens is 1. The Morgan fingerprint density at radius 3 is 2.77 bits per heavy atom. The molecule has 4 rings (SSSR count). The van der Waals surface area contributed by atoms with Crippen molar-refractivity contribution in [3.8, 4) is 11.5 Å². The van der Waals surface area contributed by atoms with Gasteiger partial charge in [-0.25, -0.2) is 9.37 Å². The summed E-state index contributed by atoms with van der Waals surface area (Å²) in [6.07, 6.45) is 3.36. The largest absolute Gasteiger partial charge is 0.494 e. The summed E-state index contributed by atoms with van der Waals surface area (Å²) >= 11 is 1.38. The second kappa shape index (κ2) is 9.53. The molecule has 0 saturated heterocycles. The second-order valence-electron chi connectivity index (χ2n) is 6.62. The minimum atomic E-state index is -0.516. The summed E-state index contributed by atoms with van der Waals surface area (Å²) in [5, 5.41) is 0.523. The van der Waals surface area contributed by atoms with E-state index in [9.17, 15) is 9.18 Å². The molecule has 2 aromatic carbocycles. The van der Waals surface area contributed by atoms with E-state index in [0.29, 0.717) is 11.7 Å². The number of hydrogen-bond acceptors (Lipinski definition) is 6. The fourth-order valence-corrected chi connectivity index (χ4v) is 3.99. The summed E-state index contributed by atoms with van der Waals surface area (Å²) in [6, 6.07) is 15.3. The molecule has 0 saturated carbocycles. The standard InChI is InChI=1S/C23H20FN3O3S/c1-2-29-17-9-10-19-21(12-17)31-23(26-19)27(14-16-6-5-11-25-13-16)22(28)15-30-20-8-4-3-7-18(20)24/h3-13H,2,14-15H2,1H3. The number of hydrogen-bond donors (Lipinski definition) is 0. The van der Waals surface area contributed by atoms with Gasteiger partial charge in [0.05, 0.1) is 23.4 Å². The average molecular weight is 437 g/mol. The van der Waals surface area contributed by atoms with Crippen LogP contribution < -0.4 is 14.4 Å². The number of anilines is 1. The Hall–Kier alpha value is -3.52. The highest BCUT2D eigenvalue weighted by molar-refractivity contribution is 7.22. The van der Waals surface area contributed by atoms with Gasteiger partial charge >= 0.3 is 0 Å². The minimum absolute atomic E-state index is 0.0304. The molecule has 0 aliphatic heterocycles. The highest BCUT2D eigenvalue weighted by atomic mass is 32.1. The van der Waals surface area contributed by atoms with E-state index < -0.39 is 5.82 Å². The van der Waals surface area contributed by atoms with Crippen molar-refractivity contribution in [3.05, 3.63) is 78.4 Å². The summed E-state index contributed by atoms with van der Waals surface area (Å²) in [5.41, 5.74) is 1.61. The number of benzene rings is 2. The molecule has 0 unspecified atom stereocenters. The number of carbonyl (C=O) groups excluding carboxylic acids is 1. The van der Waals surface area contributed by atoms with Crippen LogP contribution in [0.5, 0.6) is 11.5 Å². The molecule has 0 bridgehead atoms. The first kappa shape index (κ1) is 20.7. The third-order valence-electron chi connectivity index (χ3n) is 4.44. The monoisotopic (exact) mass is 437 g/mol. The van der Waals surface area contributed by atoms with Gasteiger partial charge in [-0.1, -0.05) is 29.5 Å². The number of nitrogens with zero attached hydrogens (tertiary/aromatic N) is 3. The predicted molar refractivity (Wildman–Crippen MR) is 118 cm³/mol. The molecule has 0 aliphatic carbocycles. The van der Waals surface area contributed by atoms with Gasteiger partial charge in [0, 0.05) is 12.4 Å². The highest BCUT2D eigenvalue weighted by Gasteiger charge is 2.21. The zero-order chi connectivity index (χ0) is 21.6. The fourth-order valence-electron chi connectivity index (χ4n) is 2.98. The Morgan fingerprint density at radius 1 is 1.13 bits per heavy atom. The molecule has 1 amide bonds. The maximum absolute atomic E-state index is 13.9. The van der Waals surface area contributed by atoms with Crippen LogP contribution in [0.15, 0.2) is 67.0 Å². The molecule has 0 fully saturated rings. The highest BCUT2D eigenvalue weighted by Crippen LogP contribution is 2.32. The number of rotatable bonds is 8. The number of ether oxygens (including phenoxy) is 2. The van der Waals surface area contributed by atoms with Crippen LogP contribution in [0.3, 0.4) is 0 Å². The normalized spacial score (nSPS) is 10.8. The van der Waals surface area contributed by atoms with Gasteiger partial charge in [0.15, 0.2) is 23.3 Å². The van der Waals surface area contributed by atoms with E-state index in [-0.39, 0.29) is 24.8 Å². The molecule has 0 radical (unpaired) electrons. The number of amides is 1. The van der Waals surface area contributed by atoms with Gasteiger partial charge in [-0.2, -0.15) is 0 Å². The first-order valence-corrected chi connectivity index (χ1v) is 10.6. The molecule has 2 heterocycles. The number of thiazole rings is 1. The van der Waals surface area contributed by atoms with Gasteiger partial charge in [0.1, 0.15) is 5.75 Å². The Balaban J connectivity index is 1.61. The molecule has 8 heteroatoms. The average Bonchev–Trinajstić information content (AvgIpc) is 3.21. The Morgan fingerprint density at radius 2 is 2.00 bits per heavy atom. The molecule has 0 aliphatic rings. The van der Waals surface area contributed by atoms with Crippen LogP contribution in [0.2, 0.25) is 0 Å². The first-order valence-electron chi connectivity index (χ1n) is 9.74. The predicted octanol–water partition coefficient (Wildman–Crippen LogP) is 4.84. The van der Waals surface area contributed by atoms with E-state index in [2.05, 4.69) is 9.97 Å². The third kappa shape index (κ3) is 4.97. The lowest BCUT2D eigenvalue weighted by Gasteiger charge is -2.20. The quantitative estimate of drug-likeness (QED) is 0.395.